The third-order valence-electron chi connectivity index (χ3n) is 3.49. The van der Waals surface area contributed by atoms with Crippen molar-refractivity contribution < 1.29 is 9.90 Å². The van der Waals surface area contributed by atoms with Crippen molar-refractivity contribution in [3.05, 3.63) is 24.0 Å². The fraction of sp³-hybridized carbons (Fsp3) is 0.538. The zero-order chi connectivity index (χ0) is 13.2. The van der Waals surface area contributed by atoms with E-state index in [1.54, 1.807) is 19.3 Å². The average Bonchev–Trinajstić information content (AvgIpc) is 2.75. The van der Waals surface area contributed by atoms with Gasteiger partial charge < -0.3 is 15.7 Å². The Labute approximate surface area is 107 Å². The van der Waals surface area contributed by atoms with Gasteiger partial charge in [0.1, 0.15) is 0 Å². The second-order valence-corrected chi connectivity index (χ2v) is 5.06. The van der Waals surface area contributed by atoms with Crippen LogP contribution in [0.2, 0.25) is 0 Å². The van der Waals surface area contributed by atoms with Crippen LogP contribution in [-0.4, -0.2) is 40.1 Å². The standard InChI is InChI=1S/C13H19N3O2/c1-16(9-13(18)5-2-3-6-13)12(17)10-4-7-15-8-11(10)14/h4,7-8,18H,2-3,5-6,9,14H2,1H3. The molecule has 2 rings (SSSR count). The van der Waals surface area contributed by atoms with Gasteiger partial charge in [-0.25, -0.2) is 0 Å². The number of carbonyl (C=O) groups excluding carboxylic acids is 1. The van der Waals surface area contributed by atoms with Crippen molar-refractivity contribution in [2.45, 2.75) is 31.3 Å². The third-order valence-corrected chi connectivity index (χ3v) is 3.49. The molecule has 1 saturated carbocycles. The van der Waals surface area contributed by atoms with E-state index in [1.165, 1.54) is 11.1 Å². The Bertz CT molecular complexity index is 442. The molecule has 0 unspecified atom stereocenters. The van der Waals surface area contributed by atoms with Gasteiger partial charge in [0.15, 0.2) is 0 Å². The fourth-order valence-corrected chi connectivity index (χ4v) is 2.51. The highest BCUT2D eigenvalue weighted by Crippen LogP contribution is 2.30. The van der Waals surface area contributed by atoms with Crippen molar-refractivity contribution >= 4 is 11.6 Å². The van der Waals surface area contributed by atoms with E-state index in [0.29, 0.717) is 17.8 Å². The monoisotopic (exact) mass is 249 g/mol. The second-order valence-electron chi connectivity index (χ2n) is 5.06. The van der Waals surface area contributed by atoms with Crippen LogP contribution in [0.3, 0.4) is 0 Å². The minimum absolute atomic E-state index is 0.171. The van der Waals surface area contributed by atoms with Crippen LogP contribution in [0.4, 0.5) is 5.69 Å². The van der Waals surface area contributed by atoms with E-state index in [4.69, 9.17) is 5.73 Å². The van der Waals surface area contributed by atoms with Crippen LogP contribution in [-0.2, 0) is 0 Å². The first-order valence-corrected chi connectivity index (χ1v) is 6.19. The number of nitrogens with zero attached hydrogens (tertiary/aromatic N) is 2. The zero-order valence-electron chi connectivity index (χ0n) is 10.6. The maximum Gasteiger partial charge on any atom is 0.255 e. The quantitative estimate of drug-likeness (QED) is 0.839. The van der Waals surface area contributed by atoms with Crippen molar-refractivity contribution in [2.75, 3.05) is 19.3 Å². The van der Waals surface area contributed by atoms with Gasteiger partial charge in [-0.15, -0.1) is 0 Å². The zero-order valence-corrected chi connectivity index (χ0v) is 10.6. The number of carbonyl (C=O) groups is 1. The summed E-state index contributed by atoms with van der Waals surface area (Å²) < 4.78 is 0. The molecule has 1 aromatic heterocycles. The predicted molar refractivity (Wildman–Crippen MR) is 69.0 cm³/mol. The van der Waals surface area contributed by atoms with Crippen molar-refractivity contribution in [1.82, 2.24) is 9.88 Å². The summed E-state index contributed by atoms with van der Waals surface area (Å²) in [6.07, 6.45) is 6.58. The minimum atomic E-state index is -0.730. The number of anilines is 1. The summed E-state index contributed by atoms with van der Waals surface area (Å²) >= 11 is 0. The van der Waals surface area contributed by atoms with E-state index >= 15 is 0 Å². The number of aromatic nitrogens is 1. The number of aliphatic hydroxyl groups is 1. The van der Waals surface area contributed by atoms with Crippen LogP contribution in [0.5, 0.6) is 0 Å². The van der Waals surface area contributed by atoms with Crippen molar-refractivity contribution in [2.24, 2.45) is 0 Å². The highest BCUT2D eigenvalue weighted by Gasteiger charge is 2.33. The van der Waals surface area contributed by atoms with Gasteiger partial charge in [-0.05, 0) is 18.9 Å². The van der Waals surface area contributed by atoms with Crippen LogP contribution in [0.15, 0.2) is 18.5 Å². The summed E-state index contributed by atoms with van der Waals surface area (Å²) in [5, 5.41) is 10.3. The minimum Gasteiger partial charge on any atom is -0.397 e. The third kappa shape index (κ3) is 2.61. The summed E-state index contributed by atoms with van der Waals surface area (Å²) in [6, 6.07) is 1.60. The molecule has 1 amide bonds. The molecule has 98 valence electrons. The number of likely N-dealkylation sites (N-methyl/N-ethyl adjacent to an activating group) is 1. The van der Waals surface area contributed by atoms with E-state index in [0.717, 1.165) is 25.7 Å². The van der Waals surface area contributed by atoms with Crippen LogP contribution in [0, 0.1) is 0 Å². The molecule has 0 aliphatic heterocycles. The first-order valence-electron chi connectivity index (χ1n) is 6.19. The van der Waals surface area contributed by atoms with Gasteiger partial charge in [-0.1, -0.05) is 12.8 Å². The number of nitrogens with two attached hydrogens (primary N) is 1. The maximum atomic E-state index is 12.2. The molecule has 1 aliphatic rings. The lowest BCUT2D eigenvalue weighted by atomic mass is 10.0. The Balaban J connectivity index is 2.07. The van der Waals surface area contributed by atoms with Crippen LogP contribution in [0.1, 0.15) is 36.0 Å². The predicted octanol–water partition coefficient (Wildman–Crippen LogP) is 1.04. The second kappa shape index (κ2) is 4.94. The van der Waals surface area contributed by atoms with Gasteiger partial charge in [-0.2, -0.15) is 0 Å². The normalized spacial score (nSPS) is 17.7. The number of pyridine rings is 1. The molecule has 1 aromatic rings. The van der Waals surface area contributed by atoms with Gasteiger partial charge >= 0.3 is 0 Å². The topological polar surface area (TPSA) is 79.5 Å². The Kier molecular flexibility index (Phi) is 3.52. The molecule has 3 N–H and O–H groups in total. The first kappa shape index (κ1) is 12.8. The van der Waals surface area contributed by atoms with Gasteiger partial charge in [0.2, 0.25) is 0 Å². The molecule has 0 spiro atoms. The molecular weight excluding hydrogens is 230 g/mol. The van der Waals surface area contributed by atoms with Gasteiger partial charge in [0.25, 0.3) is 5.91 Å². The van der Waals surface area contributed by atoms with E-state index in [9.17, 15) is 9.90 Å². The Hall–Kier alpha value is -1.62. The van der Waals surface area contributed by atoms with E-state index in [1.807, 2.05) is 0 Å². The summed E-state index contributed by atoms with van der Waals surface area (Å²) in [7, 11) is 1.69. The van der Waals surface area contributed by atoms with Crippen LogP contribution < -0.4 is 5.73 Å². The molecule has 0 aromatic carbocycles. The Morgan fingerprint density at radius 2 is 2.22 bits per heavy atom. The van der Waals surface area contributed by atoms with E-state index < -0.39 is 5.60 Å². The lowest BCUT2D eigenvalue weighted by Gasteiger charge is -2.28. The van der Waals surface area contributed by atoms with Crippen molar-refractivity contribution in [1.29, 1.82) is 0 Å². The molecule has 0 saturated heterocycles. The molecule has 5 heteroatoms. The summed E-state index contributed by atoms with van der Waals surface area (Å²) in [6.45, 7) is 0.355. The molecule has 5 nitrogen and oxygen atoms in total. The lowest BCUT2D eigenvalue weighted by molar-refractivity contribution is 0.0157. The van der Waals surface area contributed by atoms with Gasteiger partial charge in [0.05, 0.1) is 23.0 Å². The average molecular weight is 249 g/mol. The fourth-order valence-electron chi connectivity index (χ4n) is 2.51. The van der Waals surface area contributed by atoms with E-state index in [2.05, 4.69) is 4.98 Å². The Morgan fingerprint density at radius 1 is 1.56 bits per heavy atom. The maximum absolute atomic E-state index is 12.2. The largest absolute Gasteiger partial charge is 0.397 e. The highest BCUT2D eigenvalue weighted by molar-refractivity contribution is 5.98. The lowest BCUT2D eigenvalue weighted by Crippen LogP contribution is -2.42. The summed E-state index contributed by atoms with van der Waals surface area (Å²) in [5.74, 6) is -0.171. The molecule has 1 heterocycles. The van der Waals surface area contributed by atoms with Crippen molar-refractivity contribution in [3.63, 3.8) is 0 Å². The molecule has 1 fully saturated rings. The molecule has 18 heavy (non-hydrogen) atoms. The van der Waals surface area contributed by atoms with E-state index in [-0.39, 0.29) is 5.91 Å². The molecule has 0 radical (unpaired) electrons. The number of hydrogen-bond acceptors (Lipinski definition) is 4. The van der Waals surface area contributed by atoms with Crippen LogP contribution >= 0.6 is 0 Å². The smallest absolute Gasteiger partial charge is 0.255 e. The number of rotatable bonds is 3. The highest BCUT2D eigenvalue weighted by atomic mass is 16.3. The summed E-state index contributed by atoms with van der Waals surface area (Å²) in [5.41, 5.74) is 5.81. The summed E-state index contributed by atoms with van der Waals surface area (Å²) in [4.78, 5) is 17.6. The van der Waals surface area contributed by atoms with Gasteiger partial charge in [-0.3, -0.25) is 9.78 Å². The first-order chi connectivity index (χ1) is 8.52. The molecular formula is C13H19N3O2. The van der Waals surface area contributed by atoms with Crippen LogP contribution in [0.25, 0.3) is 0 Å². The number of hydrogen-bond donors (Lipinski definition) is 2. The Morgan fingerprint density at radius 3 is 2.83 bits per heavy atom. The molecule has 0 bridgehead atoms. The molecule has 1 aliphatic carbocycles. The number of nitrogen functional groups attached to an aromatic ring is 1. The number of amides is 1. The SMILES string of the molecule is CN(CC1(O)CCCC1)C(=O)c1ccncc1N. The van der Waals surface area contributed by atoms with Gasteiger partial charge in [0, 0.05) is 19.8 Å². The molecule has 0 atom stereocenters. The van der Waals surface area contributed by atoms with Crippen molar-refractivity contribution in [3.8, 4) is 0 Å².